The Labute approximate surface area is 228 Å². The third-order valence-electron chi connectivity index (χ3n) is 7.29. The van der Waals surface area contributed by atoms with Crippen LogP contribution < -0.4 is 0 Å². The molecule has 1 aromatic rings. The topological polar surface area (TPSA) is 83.1 Å². The zero-order valence-electron chi connectivity index (χ0n) is 24.7. The highest BCUT2D eigenvalue weighted by Crippen LogP contribution is 2.26. The Morgan fingerprint density at radius 3 is 1.00 bits per heavy atom. The lowest BCUT2D eigenvalue weighted by Crippen LogP contribution is -2.42. The lowest BCUT2D eigenvalue weighted by atomic mass is 9.92. The highest BCUT2D eigenvalue weighted by molar-refractivity contribution is 6.61. The zero-order valence-corrected chi connectivity index (χ0v) is 27.7. The van der Waals surface area contributed by atoms with Gasteiger partial charge in [0.15, 0.2) is 0 Å². The van der Waals surface area contributed by atoms with Crippen LogP contribution in [0.1, 0.15) is 41.5 Å². The summed E-state index contributed by atoms with van der Waals surface area (Å²) < 4.78 is 50.5. The predicted molar refractivity (Wildman–Crippen MR) is 151 cm³/mol. The van der Waals surface area contributed by atoms with Gasteiger partial charge in [-0.05, 0) is 67.7 Å². The first kappa shape index (κ1) is 34.5. The Morgan fingerprint density at radius 1 is 0.459 bits per heavy atom. The molecule has 1 rings (SSSR count). The second kappa shape index (κ2) is 17.3. The van der Waals surface area contributed by atoms with Crippen LogP contribution in [-0.2, 0) is 59.1 Å². The molecule has 37 heavy (non-hydrogen) atoms. The maximum absolute atomic E-state index is 5.62. The van der Waals surface area contributed by atoms with Crippen LogP contribution in [0, 0.1) is 6.92 Å². The summed E-state index contributed by atoms with van der Waals surface area (Å²) in [6.07, 6.45) is 5.54. The lowest BCUT2D eigenvalue weighted by Gasteiger charge is -2.25. The molecule has 0 unspecified atom stereocenters. The fourth-order valence-electron chi connectivity index (χ4n) is 4.74. The number of hydrogen-bond acceptors (Lipinski definition) is 9. The maximum Gasteiger partial charge on any atom is 0.500 e. The predicted octanol–water partition coefficient (Wildman–Crippen LogP) is 4.43. The van der Waals surface area contributed by atoms with Crippen molar-refractivity contribution >= 4 is 26.4 Å². The van der Waals surface area contributed by atoms with Gasteiger partial charge in [0.1, 0.15) is 0 Å². The largest absolute Gasteiger partial charge is 0.500 e. The SMILES string of the molecule is CO[Si](CCCc1cc(CCC[Si](OC)(OC)OC)c(C)c(CCC[Si](OC)(OC)OC)c1)(OC)OC. The minimum absolute atomic E-state index is 0.766. The summed E-state index contributed by atoms with van der Waals surface area (Å²) in [5, 5.41) is 0. The van der Waals surface area contributed by atoms with Crippen molar-refractivity contribution in [2.45, 2.75) is 63.6 Å². The van der Waals surface area contributed by atoms with Gasteiger partial charge >= 0.3 is 26.4 Å². The summed E-state index contributed by atoms with van der Waals surface area (Å²) in [4.78, 5) is 0. The number of hydrogen-bond donors (Lipinski definition) is 0. The van der Waals surface area contributed by atoms with Crippen molar-refractivity contribution in [1.82, 2.24) is 0 Å². The molecule has 9 nitrogen and oxygen atoms in total. The van der Waals surface area contributed by atoms with Gasteiger partial charge in [0.25, 0.3) is 0 Å². The standard InChI is InChI=1S/C25H50O9Si3/c1-22-24(15-12-18-36(29-5,30-6)31-7)20-23(14-11-17-35(26-2,27-3)28-4)21-25(22)16-13-19-37(32-8,33-9)34-10/h20-21H,11-19H2,1-10H3. The van der Waals surface area contributed by atoms with Crippen molar-refractivity contribution in [3.05, 3.63) is 34.4 Å². The molecule has 0 saturated carbocycles. The third-order valence-corrected chi connectivity index (χ3v) is 15.8. The van der Waals surface area contributed by atoms with Crippen LogP contribution in [0.15, 0.2) is 12.1 Å². The van der Waals surface area contributed by atoms with Crippen LogP contribution in [0.4, 0.5) is 0 Å². The molecule has 0 N–H and O–H groups in total. The third kappa shape index (κ3) is 9.89. The summed E-state index contributed by atoms with van der Waals surface area (Å²) in [6.45, 7) is 2.22. The van der Waals surface area contributed by atoms with E-state index < -0.39 is 26.4 Å². The van der Waals surface area contributed by atoms with E-state index in [0.29, 0.717) is 0 Å². The van der Waals surface area contributed by atoms with Crippen molar-refractivity contribution in [3.63, 3.8) is 0 Å². The molecular weight excluding hydrogens is 529 g/mol. The Hall–Kier alpha value is -0.489. The second-order valence-corrected chi connectivity index (χ2v) is 18.3. The first-order chi connectivity index (χ1) is 17.7. The van der Waals surface area contributed by atoms with Crippen LogP contribution in [0.3, 0.4) is 0 Å². The molecule has 0 spiro atoms. The van der Waals surface area contributed by atoms with E-state index in [-0.39, 0.29) is 0 Å². The van der Waals surface area contributed by atoms with Gasteiger partial charge in [0, 0.05) is 82.1 Å². The lowest BCUT2D eigenvalue weighted by molar-refractivity contribution is 0.122. The van der Waals surface area contributed by atoms with Crippen molar-refractivity contribution in [2.24, 2.45) is 0 Å². The number of rotatable bonds is 21. The molecule has 0 aromatic heterocycles. The second-order valence-electron chi connectivity index (χ2n) is 8.99. The Balaban J connectivity index is 3.09. The molecule has 0 aliphatic rings. The van der Waals surface area contributed by atoms with E-state index in [0.717, 1.165) is 56.7 Å². The quantitative estimate of drug-likeness (QED) is 0.197. The molecule has 0 saturated heterocycles. The van der Waals surface area contributed by atoms with Gasteiger partial charge in [0.05, 0.1) is 0 Å². The van der Waals surface area contributed by atoms with E-state index in [9.17, 15) is 0 Å². The van der Waals surface area contributed by atoms with E-state index in [1.165, 1.54) is 22.3 Å². The summed E-state index contributed by atoms with van der Waals surface area (Å²) in [7, 11) is 7.17. The van der Waals surface area contributed by atoms with Crippen LogP contribution >= 0.6 is 0 Å². The summed E-state index contributed by atoms with van der Waals surface area (Å²) >= 11 is 0. The van der Waals surface area contributed by atoms with Crippen molar-refractivity contribution in [1.29, 1.82) is 0 Å². The van der Waals surface area contributed by atoms with Gasteiger partial charge in [-0.3, -0.25) is 0 Å². The summed E-state index contributed by atoms with van der Waals surface area (Å²) in [6, 6.07) is 6.97. The Bertz CT molecular complexity index is 698. The zero-order chi connectivity index (χ0) is 28.0. The van der Waals surface area contributed by atoms with Crippen LogP contribution in [0.2, 0.25) is 18.1 Å². The van der Waals surface area contributed by atoms with Crippen LogP contribution in [0.25, 0.3) is 0 Å². The average Bonchev–Trinajstić information content (AvgIpc) is 2.94. The number of benzene rings is 1. The average molecular weight is 579 g/mol. The molecule has 0 heterocycles. The van der Waals surface area contributed by atoms with Gasteiger partial charge in [0.2, 0.25) is 0 Å². The van der Waals surface area contributed by atoms with Crippen LogP contribution in [0.5, 0.6) is 0 Å². The van der Waals surface area contributed by atoms with Gasteiger partial charge in [-0.25, -0.2) is 0 Å². The molecule has 216 valence electrons. The molecular formula is C25H50O9Si3. The molecule has 1 aromatic carbocycles. The van der Waals surface area contributed by atoms with E-state index >= 15 is 0 Å². The minimum atomic E-state index is -2.60. The maximum atomic E-state index is 5.62. The first-order valence-electron chi connectivity index (χ1n) is 12.8. The Morgan fingerprint density at radius 2 is 0.730 bits per heavy atom. The normalized spacial score (nSPS) is 12.9. The van der Waals surface area contributed by atoms with E-state index in [2.05, 4.69) is 19.1 Å². The fraction of sp³-hybridized carbons (Fsp3) is 0.760. The van der Waals surface area contributed by atoms with Crippen molar-refractivity contribution in [3.8, 4) is 0 Å². The van der Waals surface area contributed by atoms with Gasteiger partial charge in [-0.1, -0.05) is 12.1 Å². The molecule has 0 bridgehead atoms. The van der Waals surface area contributed by atoms with E-state index in [4.69, 9.17) is 39.8 Å². The summed E-state index contributed by atoms with van der Waals surface area (Å²) in [5.41, 5.74) is 5.34. The number of aryl methyl sites for hydroxylation is 3. The molecule has 12 heteroatoms. The Kier molecular flexibility index (Phi) is 16.1. The highest BCUT2D eigenvalue weighted by Gasteiger charge is 2.38. The molecule has 0 aliphatic carbocycles. The molecule has 0 amide bonds. The monoisotopic (exact) mass is 578 g/mol. The van der Waals surface area contributed by atoms with Gasteiger partial charge in [-0.15, -0.1) is 0 Å². The van der Waals surface area contributed by atoms with Gasteiger partial charge < -0.3 is 39.8 Å². The molecule has 0 radical (unpaired) electrons. The van der Waals surface area contributed by atoms with Crippen LogP contribution in [-0.4, -0.2) is 90.4 Å². The fourth-order valence-corrected chi connectivity index (χ4v) is 9.91. The van der Waals surface area contributed by atoms with Gasteiger partial charge in [-0.2, -0.15) is 0 Å². The highest BCUT2D eigenvalue weighted by atomic mass is 28.4. The molecule has 0 aliphatic heterocycles. The summed E-state index contributed by atoms with van der Waals surface area (Å²) in [5.74, 6) is 0. The smallest absolute Gasteiger partial charge is 0.377 e. The van der Waals surface area contributed by atoms with E-state index in [1.807, 2.05) is 0 Å². The first-order valence-corrected chi connectivity index (χ1v) is 18.6. The van der Waals surface area contributed by atoms with Crippen molar-refractivity contribution in [2.75, 3.05) is 64.0 Å². The minimum Gasteiger partial charge on any atom is -0.377 e. The van der Waals surface area contributed by atoms with E-state index in [1.54, 1.807) is 64.0 Å². The molecule has 0 atom stereocenters. The van der Waals surface area contributed by atoms with Crippen molar-refractivity contribution < 1.29 is 39.8 Å². The molecule has 0 fully saturated rings.